The Labute approximate surface area is 91.9 Å². The fourth-order valence-corrected chi connectivity index (χ4v) is 1.71. The first kappa shape index (κ1) is 10.6. The SMILES string of the molecule is CC(O)CN1C(=O)c2ccc(O)cc2C1=O. The number of hydrogen-bond acceptors (Lipinski definition) is 4. The smallest absolute Gasteiger partial charge is 0.261 e. The molecular weight excluding hydrogens is 210 g/mol. The van der Waals surface area contributed by atoms with Gasteiger partial charge in [0.15, 0.2) is 0 Å². The number of phenols is 1. The Balaban J connectivity index is 2.40. The van der Waals surface area contributed by atoms with E-state index >= 15 is 0 Å². The molecule has 2 amide bonds. The van der Waals surface area contributed by atoms with Crippen LogP contribution in [0.15, 0.2) is 18.2 Å². The lowest BCUT2D eigenvalue weighted by molar-refractivity contribution is 0.0563. The molecule has 0 saturated heterocycles. The zero-order valence-electron chi connectivity index (χ0n) is 8.67. The number of amides is 2. The number of carbonyl (C=O) groups is 2. The van der Waals surface area contributed by atoms with Crippen LogP contribution in [-0.4, -0.2) is 39.6 Å². The molecule has 0 saturated carbocycles. The lowest BCUT2D eigenvalue weighted by atomic mass is 10.1. The maximum absolute atomic E-state index is 11.8. The Morgan fingerprint density at radius 3 is 2.50 bits per heavy atom. The summed E-state index contributed by atoms with van der Waals surface area (Å²) in [5, 5.41) is 18.4. The standard InChI is InChI=1S/C11H11NO4/c1-6(13)5-12-10(15)8-3-2-7(14)4-9(8)11(12)16/h2-4,6,13-14H,5H2,1H3. The Bertz CT molecular complexity index is 467. The van der Waals surface area contributed by atoms with Crippen molar-refractivity contribution in [3.05, 3.63) is 29.3 Å². The van der Waals surface area contributed by atoms with Gasteiger partial charge in [-0.3, -0.25) is 14.5 Å². The summed E-state index contributed by atoms with van der Waals surface area (Å²) in [7, 11) is 0. The maximum atomic E-state index is 11.8. The van der Waals surface area contributed by atoms with E-state index in [1.807, 2.05) is 0 Å². The lowest BCUT2D eigenvalue weighted by Gasteiger charge is -2.15. The van der Waals surface area contributed by atoms with E-state index in [2.05, 4.69) is 0 Å². The van der Waals surface area contributed by atoms with Crippen molar-refractivity contribution >= 4 is 11.8 Å². The van der Waals surface area contributed by atoms with Crippen LogP contribution in [0.4, 0.5) is 0 Å². The second kappa shape index (κ2) is 3.61. The van der Waals surface area contributed by atoms with Crippen LogP contribution in [0.3, 0.4) is 0 Å². The second-order valence-electron chi connectivity index (χ2n) is 3.80. The number of nitrogens with zero attached hydrogens (tertiary/aromatic N) is 1. The van der Waals surface area contributed by atoms with Gasteiger partial charge in [-0.2, -0.15) is 0 Å². The first-order valence-corrected chi connectivity index (χ1v) is 4.88. The van der Waals surface area contributed by atoms with E-state index in [1.165, 1.54) is 25.1 Å². The molecule has 0 bridgehead atoms. The Kier molecular flexibility index (Phi) is 2.40. The third-order valence-corrected chi connectivity index (χ3v) is 2.40. The van der Waals surface area contributed by atoms with Crippen molar-refractivity contribution in [2.24, 2.45) is 0 Å². The molecule has 16 heavy (non-hydrogen) atoms. The van der Waals surface area contributed by atoms with Crippen LogP contribution in [0, 0.1) is 0 Å². The fraction of sp³-hybridized carbons (Fsp3) is 0.273. The molecule has 1 aromatic carbocycles. The van der Waals surface area contributed by atoms with Crippen molar-refractivity contribution < 1.29 is 19.8 Å². The lowest BCUT2D eigenvalue weighted by Crippen LogP contribution is -2.35. The zero-order valence-corrected chi connectivity index (χ0v) is 8.67. The summed E-state index contributed by atoms with van der Waals surface area (Å²) >= 11 is 0. The van der Waals surface area contributed by atoms with Gasteiger partial charge in [-0.05, 0) is 25.1 Å². The Hall–Kier alpha value is -1.88. The van der Waals surface area contributed by atoms with Crippen LogP contribution in [0.2, 0.25) is 0 Å². The number of hydrogen-bond donors (Lipinski definition) is 2. The van der Waals surface area contributed by atoms with E-state index in [9.17, 15) is 19.8 Å². The number of aromatic hydroxyl groups is 1. The molecule has 1 aromatic rings. The number of fused-ring (bicyclic) bond motifs is 1. The molecule has 0 spiro atoms. The highest BCUT2D eigenvalue weighted by Crippen LogP contribution is 2.26. The first-order chi connectivity index (χ1) is 7.50. The number of aliphatic hydroxyl groups excluding tert-OH is 1. The molecule has 1 aliphatic rings. The molecular formula is C11H11NO4. The summed E-state index contributed by atoms with van der Waals surface area (Å²) < 4.78 is 0. The van der Waals surface area contributed by atoms with Crippen molar-refractivity contribution in [2.75, 3.05) is 6.54 Å². The van der Waals surface area contributed by atoms with Crippen LogP contribution in [0.25, 0.3) is 0 Å². The van der Waals surface area contributed by atoms with E-state index < -0.39 is 17.9 Å². The molecule has 2 N–H and O–H groups in total. The molecule has 2 rings (SSSR count). The highest BCUT2D eigenvalue weighted by atomic mass is 16.3. The van der Waals surface area contributed by atoms with Crippen molar-refractivity contribution in [1.29, 1.82) is 0 Å². The quantitative estimate of drug-likeness (QED) is 0.707. The minimum Gasteiger partial charge on any atom is -0.508 e. The van der Waals surface area contributed by atoms with Gasteiger partial charge in [-0.15, -0.1) is 0 Å². The van der Waals surface area contributed by atoms with Crippen LogP contribution >= 0.6 is 0 Å². The van der Waals surface area contributed by atoms with Gasteiger partial charge in [-0.1, -0.05) is 0 Å². The largest absolute Gasteiger partial charge is 0.508 e. The van der Waals surface area contributed by atoms with E-state index in [4.69, 9.17) is 0 Å². The van der Waals surface area contributed by atoms with Crippen LogP contribution in [0.5, 0.6) is 5.75 Å². The number of carbonyl (C=O) groups excluding carboxylic acids is 2. The van der Waals surface area contributed by atoms with Gasteiger partial charge < -0.3 is 10.2 Å². The van der Waals surface area contributed by atoms with E-state index in [0.717, 1.165) is 4.90 Å². The van der Waals surface area contributed by atoms with Gasteiger partial charge >= 0.3 is 0 Å². The number of aliphatic hydroxyl groups is 1. The van der Waals surface area contributed by atoms with Crippen molar-refractivity contribution in [1.82, 2.24) is 4.90 Å². The van der Waals surface area contributed by atoms with Gasteiger partial charge in [0.2, 0.25) is 0 Å². The summed E-state index contributed by atoms with van der Waals surface area (Å²) in [4.78, 5) is 24.5. The molecule has 1 heterocycles. The average Bonchev–Trinajstić information content (AvgIpc) is 2.43. The summed E-state index contributed by atoms with van der Waals surface area (Å²) in [6.45, 7) is 1.47. The first-order valence-electron chi connectivity index (χ1n) is 4.88. The third-order valence-electron chi connectivity index (χ3n) is 2.40. The molecule has 1 aliphatic heterocycles. The van der Waals surface area contributed by atoms with Crippen LogP contribution in [0.1, 0.15) is 27.6 Å². The maximum Gasteiger partial charge on any atom is 0.261 e. The fourth-order valence-electron chi connectivity index (χ4n) is 1.71. The topological polar surface area (TPSA) is 77.8 Å². The number of benzene rings is 1. The molecule has 0 radical (unpaired) electrons. The minimum absolute atomic E-state index is 0.0346. The molecule has 5 heteroatoms. The summed E-state index contributed by atoms with van der Waals surface area (Å²) in [6.07, 6.45) is -0.768. The molecule has 1 unspecified atom stereocenters. The van der Waals surface area contributed by atoms with Crippen LogP contribution < -0.4 is 0 Å². The van der Waals surface area contributed by atoms with Crippen molar-refractivity contribution in [3.8, 4) is 5.75 Å². The number of phenolic OH excluding ortho intramolecular Hbond substituents is 1. The predicted octanol–water partition coefficient (Wildman–Crippen LogP) is 0.369. The normalized spacial score (nSPS) is 16.5. The molecule has 0 aromatic heterocycles. The minimum atomic E-state index is -0.768. The Morgan fingerprint density at radius 1 is 1.25 bits per heavy atom. The van der Waals surface area contributed by atoms with E-state index in [1.54, 1.807) is 0 Å². The van der Waals surface area contributed by atoms with Crippen molar-refractivity contribution in [3.63, 3.8) is 0 Å². The number of imide groups is 1. The van der Waals surface area contributed by atoms with Gasteiger partial charge in [0.25, 0.3) is 11.8 Å². The summed E-state index contributed by atoms with van der Waals surface area (Å²) in [5.74, 6) is -0.962. The van der Waals surface area contributed by atoms with Crippen LogP contribution in [-0.2, 0) is 0 Å². The average molecular weight is 221 g/mol. The highest BCUT2D eigenvalue weighted by Gasteiger charge is 2.35. The van der Waals surface area contributed by atoms with Crippen molar-refractivity contribution in [2.45, 2.75) is 13.0 Å². The van der Waals surface area contributed by atoms with Gasteiger partial charge in [0.1, 0.15) is 5.75 Å². The van der Waals surface area contributed by atoms with Gasteiger partial charge in [0, 0.05) is 0 Å². The molecule has 5 nitrogen and oxygen atoms in total. The predicted molar refractivity (Wildman–Crippen MR) is 55.2 cm³/mol. The zero-order chi connectivity index (χ0) is 11.9. The molecule has 84 valence electrons. The summed E-state index contributed by atoms with van der Waals surface area (Å²) in [6, 6.07) is 4.03. The van der Waals surface area contributed by atoms with Gasteiger partial charge in [0.05, 0.1) is 23.8 Å². The van der Waals surface area contributed by atoms with E-state index in [-0.39, 0.29) is 23.4 Å². The molecule has 1 atom stereocenters. The highest BCUT2D eigenvalue weighted by molar-refractivity contribution is 6.21. The van der Waals surface area contributed by atoms with E-state index in [0.29, 0.717) is 0 Å². The third kappa shape index (κ3) is 1.55. The van der Waals surface area contributed by atoms with Gasteiger partial charge in [-0.25, -0.2) is 0 Å². The summed E-state index contributed by atoms with van der Waals surface area (Å²) in [5.41, 5.74) is 0.453. The second-order valence-corrected chi connectivity index (χ2v) is 3.80. The monoisotopic (exact) mass is 221 g/mol. The molecule has 0 aliphatic carbocycles. The number of rotatable bonds is 2. The Morgan fingerprint density at radius 2 is 1.88 bits per heavy atom. The molecule has 0 fully saturated rings. The number of β-amino-alcohol motifs (C(OH)–C–C–N with tert-alkyl or cyclic N) is 1.